The molecule has 2 aromatic carbocycles. The van der Waals surface area contributed by atoms with Crippen molar-refractivity contribution in [2.24, 2.45) is 0 Å². The zero-order valence-corrected chi connectivity index (χ0v) is 12.4. The maximum atomic E-state index is 13.0. The Morgan fingerprint density at radius 2 is 2.00 bits per heavy atom. The van der Waals surface area contributed by atoms with E-state index in [2.05, 4.69) is 15.5 Å². The molecule has 0 atom stereocenters. The summed E-state index contributed by atoms with van der Waals surface area (Å²) < 4.78 is 19.6. The highest BCUT2D eigenvalue weighted by Crippen LogP contribution is 2.19. The quantitative estimate of drug-likeness (QED) is 0.687. The SMILES string of the molecule is O=C(OCc1ccc(F)cc1Cl)c1ccc(-n2cnnn2)cc1. The first kappa shape index (κ1) is 15.1. The summed E-state index contributed by atoms with van der Waals surface area (Å²) in [6, 6.07) is 10.5. The van der Waals surface area contributed by atoms with Gasteiger partial charge in [0.25, 0.3) is 0 Å². The van der Waals surface area contributed by atoms with Crippen LogP contribution < -0.4 is 0 Å². The fourth-order valence-corrected chi connectivity index (χ4v) is 2.12. The summed E-state index contributed by atoms with van der Waals surface area (Å²) in [5.41, 5.74) is 1.62. The average Bonchev–Trinajstić information content (AvgIpc) is 3.08. The van der Waals surface area contributed by atoms with Gasteiger partial charge >= 0.3 is 5.97 Å². The first-order valence-corrected chi connectivity index (χ1v) is 6.96. The van der Waals surface area contributed by atoms with Crippen LogP contribution in [0.3, 0.4) is 0 Å². The van der Waals surface area contributed by atoms with Gasteiger partial charge < -0.3 is 4.74 Å². The molecule has 3 aromatic rings. The van der Waals surface area contributed by atoms with Gasteiger partial charge in [-0.05, 0) is 46.8 Å². The Morgan fingerprint density at radius 1 is 1.22 bits per heavy atom. The standard InChI is InChI=1S/C15H10ClFN4O2/c16-14-7-12(17)4-1-11(14)8-23-15(22)10-2-5-13(6-3-10)21-9-18-19-20-21/h1-7,9H,8H2. The summed E-state index contributed by atoms with van der Waals surface area (Å²) in [5, 5.41) is 11.0. The number of benzene rings is 2. The Kier molecular flexibility index (Phi) is 4.29. The minimum atomic E-state index is -0.506. The van der Waals surface area contributed by atoms with Crippen molar-refractivity contribution in [3.05, 3.63) is 70.8 Å². The second kappa shape index (κ2) is 6.53. The number of aromatic nitrogens is 4. The largest absolute Gasteiger partial charge is 0.457 e. The number of carbonyl (C=O) groups is 1. The summed E-state index contributed by atoms with van der Waals surface area (Å²) in [6.45, 7) is -0.0350. The number of esters is 1. The van der Waals surface area contributed by atoms with E-state index in [0.29, 0.717) is 16.8 Å². The minimum absolute atomic E-state index is 0.0350. The Labute approximate surface area is 135 Å². The van der Waals surface area contributed by atoms with E-state index < -0.39 is 11.8 Å². The van der Waals surface area contributed by atoms with Crippen molar-refractivity contribution >= 4 is 17.6 Å². The van der Waals surface area contributed by atoms with E-state index in [4.69, 9.17) is 16.3 Å². The molecule has 0 aliphatic heterocycles. The normalized spacial score (nSPS) is 10.5. The van der Waals surface area contributed by atoms with Crippen molar-refractivity contribution in [1.82, 2.24) is 20.2 Å². The molecule has 0 N–H and O–H groups in total. The van der Waals surface area contributed by atoms with Gasteiger partial charge in [-0.15, -0.1) is 5.10 Å². The van der Waals surface area contributed by atoms with Crippen molar-refractivity contribution in [2.45, 2.75) is 6.61 Å². The Morgan fingerprint density at radius 3 is 2.65 bits per heavy atom. The zero-order chi connectivity index (χ0) is 16.2. The highest BCUT2D eigenvalue weighted by atomic mass is 35.5. The molecule has 1 heterocycles. The Bertz CT molecular complexity index is 822. The summed E-state index contributed by atoms with van der Waals surface area (Å²) in [5.74, 6) is -0.947. The van der Waals surface area contributed by atoms with Crippen LogP contribution in [0.2, 0.25) is 5.02 Å². The van der Waals surface area contributed by atoms with E-state index >= 15 is 0 Å². The number of tetrazole rings is 1. The fraction of sp³-hybridized carbons (Fsp3) is 0.0667. The number of rotatable bonds is 4. The molecule has 0 saturated heterocycles. The number of carbonyl (C=O) groups excluding carboxylic acids is 1. The monoisotopic (exact) mass is 332 g/mol. The van der Waals surface area contributed by atoms with Gasteiger partial charge in [-0.1, -0.05) is 17.7 Å². The smallest absolute Gasteiger partial charge is 0.338 e. The molecule has 0 radical (unpaired) electrons. The molecule has 23 heavy (non-hydrogen) atoms. The maximum absolute atomic E-state index is 13.0. The van der Waals surface area contributed by atoms with Crippen LogP contribution in [0.1, 0.15) is 15.9 Å². The molecule has 0 unspecified atom stereocenters. The number of ether oxygens (including phenoxy) is 1. The summed E-state index contributed by atoms with van der Waals surface area (Å²) >= 11 is 5.88. The summed E-state index contributed by atoms with van der Waals surface area (Å²) in [6.07, 6.45) is 1.45. The Balaban J connectivity index is 1.66. The van der Waals surface area contributed by atoms with Gasteiger partial charge in [0.2, 0.25) is 0 Å². The van der Waals surface area contributed by atoms with Gasteiger partial charge in [0, 0.05) is 5.56 Å². The van der Waals surface area contributed by atoms with Crippen LogP contribution in [0.15, 0.2) is 48.8 Å². The predicted molar refractivity (Wildman–Crippen MR) is 79.7 cm³/mol. The molecule has 0 amide bonds. The van der Waals surface area contributed by atoms with Gasteiger partial charge in [0.1, 0.15) is 18.8 Å². The van der Waals surface area contributed by atoms with Crippen LogP contribution in [0.25, 0.3) is 5.69 Å². The minimum Gasteiger partial charge on any atom is -0.457 e. The molecule has 3 rings (SSSR count). The number of hydrogen-bond acceptors (Lipinski definition) is 5. The molecule has 0 aliphatic carbocycles. The molecule has 0 bridgehead atoms. The van der Waals surface area contributed by atoms with Crippen molar-refractivity contribution in [1.29, 1.82) is 0 Å². The third-order valence-corrected chi connectivity index (χ3v) is 3.44. The van der Waals surface area contributed by atoms with E-state index in [1.807, 2.05) is 0 Å². The van der Waals surface area contributed by atoms with Crippen LogP contribution in [0.5, 0.6) is 0 Å². The lowest BCUT2D eigenvalue weighted by molar-refractivity contribution is 0.0473. The molecule has 116 valence electrons. The van der Waals surface area contributed by atoms with E-state index in [0.717, 1.165) is 0 Å². The molecule has 0 spiro atoms. The van der Waals surface area contributed by atoms with Crippen molar-refractivity contribution in [2.75, 3.05) is 0 Å². The highest BCUT2D eigenvalue weighted by molar-refractivity contribution is 6.31. The van der Waals surface area contributed by atoms with Crippen LogP contribution in [0, 0.1) is 5.82 Å². The number of halogens is 2. The predicted octanol–water partition coefficient (Wildman–Crippen LogP) is 2.81. The van der Waals surface area contributed by atoms with E-state index in [1.54, 1.807) is 24.3 Å². The molecule has 1 aromatic heterocycles. The van der Waals surface area contributed by atoms with Crippen LogP contribution >= 0.6 is 11.6 Å². The average molecular weight is 333 g/mol. The third kappa shape index (κ3) is 3.51. The molecule has 8 heteroatoms. The van der Waals surface area contributed by atoms with Crippen LogP contribution in [-0.2, 0) is 11.3 Å². The lowest BCUT2D eigenvalue weighted by atomic mass is 10.2. The van der Waals surface area contributed by atoms with Gasteiger partial charge in [-0.25, -0.2) is 13.9 Å². The first-order chi connectivity index (χ1) is 11.1. The lowest BCUT2D eigenvalue weighted by Gasteiger charge is -2.07. The van der Waals surface area contributed by atoms with E-state index in [1.165, 1.54) is 29.2 Å². The van der Waals surface area contributed by atoms with Crippen molar-refractivity contribution in [3.63, 3.8) is 0 Å². The fourth-order valence-electron chi connectivity index (χ4n) is 1.90. The van der Waals surface area contributed by atoms with Gasteiger partial charge in [0.05, 0.1) is 16.3 Å². The van der Waals surface area contributed by atoms with Gasteiger partial charge in [-0.2, -0.15) is 0 Å². The molecular formula is C15H10ClFN4O2. The molecule has 0 aliphatic rings. The third-order valence-electron chi connectivity index (χ3n) is 3.09. The van der Waals surface area contributed by atoms with Crippen LogP contribution in [0.4, 0.5) is 4.39 Å². The molecule has 6 nitrogen and oxygen atoms in total. The summed E-state index contributed by atoms with van der Waals surface area (Å²) in [7, 11) is 0. The summed E-state index contributed by atoms with van der Waals surface area (Å²) in [4.78, 5) is 12.0. The van der Waals surface area contributed by atoms with Crippen LogP contribution in [-0.4, -0.2) is 26.2 Å². The zero-order valence-electron chi connectivity index (χ0n) is 11.7. The Hall–Kier alpha value is -2.80. The topological polar surface area (TPSA) is 69.9 Å². The van der Waals surface area contributed by atoms with E-state index in [-0.39, 0.29) is 11.6 Å². The van der Waals surface area contributed by atoms with Gasteiger partial charge in [0.15, 0.2) is 0 Å². The molecular weight excluding hydrogens is 323 g/mol. The lowest BCUT2D eigenvalue weighted by Crippen LogP contribution is -2.06. The maximum Gasteiger partial charge on any atom is 0.338 e. The van der Waals surface area contributed by atoms with E-state index in [9.17, 15) is 9.18 Å². The second-order valence-corrected chi connectivity index (χ2v) is 5.02. The van der Waals surface area contributed by atoms with Crippen molar-refractivity contribution < 1.29 is 13.9 Å². The molecule has 0 fully saturated rings. The highest BCUT2D eigenvalue weighted by Gasteiger charge is 2.10. The first-order valence-electron chi connectivity index (χ1n) is 6.58. The number of hydrogen-bond donors (Lipinski definition) is 0. The number of nitrogens with zero attached hydrogens (tertiary/aromatic N) is 4. The van der Waals surface area contributed by atoms with Gasteiger partial charge in [-0.3, -0.25) is 0 Å². The second-order valence-electron chi connectivity index (χ2n) is 4.61. The molecule has 0 saturated carbocycles. The van der Waals surface area contributed by atoms with Crippen molar-refractivity contribution in [3.8, 4) is 5.69 Å².